The van der Waals surface area contributed by atoms with Crippen molar-refractivity contribution in [2.24, 2.45) is 0 Å². The highest BCUT2D eigenvalue weighted by molar-refractivity contribution is 6.05. The first-order valence-electron chi connectivity index (χ1n) is 14.0. The second-order valence-electron chi connectivity index (χ2n) is 10.3. The lowest BCUT2D eigenvalue weighted by molar-refractivity contribution is -0.152. The van der Waals surface area contributed by atoms with Crippen molar-refractivity contribution in [3.8, 4) is 16.9 Å². The molecule has 1 amide bonds. The number of carboxylic acids is 2. The lowest BCUT2D eigenvalue weighted by Gasteiger charge is -2.14. The maximum Gasteiger partial charge on any atom is 0.416 e. The fourth-order valence-corrected chi connectivity index (χ4v) is 4.13. The van der Waals surface area contributed by atoms with Crippen molar-refractivity contribution in [2.75, 3.05) is 10.6 Å². The number of benzene rings is 2. The number of nitrogens with zero attached hydrogens (tertiary/aromatic N) is 5. The number of aliphatic hydroxyl groups excluding tert-OH is 1. The number of carbonyl (C=O) groups is 3. The van der Waals surface area contributed by atoms with Gasteiger partial charge in [-0.3, -0.25) is 14.6 Å². The zero-order valence-corrected chi connectivity index (χ0v) is 25.3. The Labute approximate surface area is 270 Å². The van der Waals surface area contributed by atoms with Gasteiger partial charge in [-0.25, -0.2) is 19.7 Å². The number of pyridine rings is 1. The molecule has 3 aromatic heterocycles. The number of nitrogens with one attached hydrogen (secondary N) is 2. The molecule has 0 saturated carbocycles. The SMILES string of the molecule is Cc1cn(-c2cc(NC(=O)c3ccc(C)c(Nc4nccc(-c5cccnc5)n4)c3)cc(C(F)(F)F)c2)cn1.O=C(O)C[C@H](O)C(=O)O. The number of anilines is 3. The standard InChI is InChI=1S/C28H22F3N7O.C4H6O5/c1-17-5-6-19(10-25(17)37-27-33-9-7-24(36-27)20-4-3-8-32-14-20)26(39)35-22-11-21(28(29,30)31)12-23(13-22)38-15-18(2)34-16-38;5-2(4(8)9)1-3(6)7/h3-16H,1-2H3,(H,35,39)(H,33,36,37);2,5H,1H2,(H,6,7)(H,8,9)/t;2-/m.0/s1. The van der Waals surface area contributed by atoms with Crippen LogP contribution in [0, 0.1) is 13.8 Å². The third kappa shape index (κ3) is 9.43. The van der Waals surface area contributed by atoms with Crippen LogP contribution in [0.15, 0.2) is 85.7 Å². The molecule has 0 fully saturated rings. The van der Waals surface area contributed by atoms with Crippen molar-refractivity contribution in [1.82, 2.24) is 24.5 Å². The summed E-state index contributed by atoms with van der Waals surface area (Å²) < 4.78 is 42.3. The lowest BCUT2D eigenvalue weighted by Crippen LogP contribution is -2.22. The van der Waals surface area contributed by atoms with E-state index in [0.717, 1.165) is 23.3 Å². The Morgan fingerprint density at radius 3 is 2.35 bits per heavy atom. The number of alkyl halides is 3. The molecule has 16 heteroatoms. The quantitative estimate of drug-likeness (QED) is 0.138. The number of carboxylic acid groups (broad SMARTS) is 2. The van der Waals surface area contributed by atoms with Crippen LogP contribution < -0.4 is 10.6 Å². The molecule has 0 aliphatic heterocycles. The lowest BCUT2D eigenvalue weighted by atomic mass is 10.1. The van der Waals surface area contributed by atoms with Crippen LogP contribution in [0.3, 0.4) is 0 Å². The number of amides is 1. The average Bonchev–Trinajstić information content (AvgIpc) is 3.48. The topological polar surface area (TPSA) is 192 Å². The number of hydrogen-bond donors (Lipinski definition) is 5. The zero-order valence-electron chi connectivity index (χ0n) is 25.3. The van der Waals surface area contributed by atoms with Gasteiger partial charge in [-0.1, -0.05) is 6.07 Å². The Morgan fingerprint density at radius 1 is 0.979 bits per heavy atom. The summed E-state index contributed by atoms with van der Waals surface area (Å²) >= 11 is 0. The first kappa shape index (κ1) is 34.7. The summed E-state index contributed by atoms with van der Waals surface area (Å²) in [6.45, 7) is 3.58. The van der Waals surface area contributed by atoms with Crippen molar-refractivity contribution < 1.29 is 42.9 Å². The molecule has 3 heterocycles. The second-order valence-corrected chi connectivity index (χ2v) is 10.3. The van der Waals surface area contributed by atoms with Gasteiger partial charge in [-0.2, -0.15) is 13.2 Å². The Bertz CT molecular complexity index is 1930. The number of aromatic nitrogens is 5. The van der Waals surface area contributed by atoms with Gasteiger partial charge in [0.25, 0.3) is 5.91 Å². The normalized spacial score (nSPS) is 11.5. The number of hydrogen-bond acceptors (Lipinski definition) is 9. The van der Waals surface area contributed by atoms with Crippen LogP contribution in [0.5, 0.6) is 0 Å². The minimum Gasteiger partial charge on any atom is -0.481 e. The molecule has 5 N–H and O–H groups in total. The first-order valence-corrected chi connectivity index (χ1v) is 14.0. The van der Waals surface area contributed by atoms with Crippen molar-refractivity contribution in [2.45, 2.75) is 32.5 Å². The Hall–Kier alpha value is -6.16. The van der Waals surface area contributed by atoms with Gasteiger partial charge in [0.15, 0.2) is 6.10 Å². The fourth-order valence-electron chi connectivity index (χ4n) is 4.13. The van der Waals surface area contributed by atoms with Crippen molar-refractivity contribution in [3.05, 3.63) is 108 Å². The summed E-state index contributed by atoms with van der Waals surface area (Å²) in [6.07, 6.45) is 0.840. The van der Waals surface area contributed by atoms with E-state index in [2.05, 4.69) is 30.6 Å². The van der Waals surface area contributed by atoms with E-state index in [1.165, 1.54) is 17.0 Å². The van der Waals surface area contributed by atoms with Crippen LogP contribution in [0.2, 0.25) is 0 Å². The Kier molecular flexibility index (Phi) is 10.8. The van der Waals surface area contributed by atoms with E-state index in [4.69, 9.17) is 15.3 Å². The van der Waals surface area contributed by atoms with Crippen LogP contribution in [0.1, 0.15) is 33.6 Å². The van der Waals surface area contributed by atoms with Crippen molar-refractivity contribution in [1.29, 1.82) is 0 Å². The van der Waals surface area contributed by atoms with Crippen LogP contribution >= 0.6 is 0 Å². The molecule has 2 aromatic carbocycles. The number of imidazole rings is 1. The van der Waals surface area contributed by atoms with E-state index in [1.54, 1.807) is 62.0 Å². The maximum absolute atomic E-state index is 13.6. The average molecular weight is 664 g/mol. The van der Waals surface area contributed by atoms with E-state index in [1.807, 2.05) is 13.0 Å². The second kappa shape index (κ2) is 15.0. The van der Waals surface area contributed by atoms with Gasteiger partial charge in [-0.15, -0.1) is 0 Å². The molecule has 13 nitrogen and oxygen atoms in total. The summed E-state index contributed by atoms with van der Waals surface area (Å²) in [5.41, 5.74) is 3.09. The van der Waals surface area contributed by atoms with E-state index < -0.39 is 42.1 Å². The van der Waals surface area contributed by atoms with E-state index in [9.17, 15) is 27.6 Å². The molecule has 0 spiro atoms. The van der Waals surface area contributed by atoms with E-state index in [0.29, 0.717) is 23.0 Å². The molecule has 48 heavy (non-hydrogen) atoms. The van der Waals surface area contributed by atoms with Gasteiger partial charge >= 0.3 is 18.1 Å². The molecule has 0 unspecified atom stereocenters. The summed E-state index contributed by atoms with van der Waals surface area (Å²) in [4.78, 5) is 49.5. The summed E-state index contributed by atoms with van der Waals surface area (Å²) in [6, 6.07) is 13.7. The number of aryl methyl sites for hydroxylation is 2. The predicted molar refractivity (Wildman–Crippen MR) is 167 cm³/mol. The van der Waals surface area contributed by atoms with Crippen LogP contribution in [0.4, 0.5) is 30.5 Å². The largest absolute Gasteiger partial charge is 0.481 e. The van der Waals surface area contributed by atoms with Gasteiger partial charge in [0.05, 0.1) is 29.7 Å². The monoisotopic (exact) mass is 663 g/mol. The predicted octanol–water partition coefficient (Wildman–Crippen LogP) is 5.26. The molecule has 1 atom stereocenters. The minimum atomic E-state index is -4.60. The Balaban J connectivity index is 0.000000508. The van der Waals surface area contributed by atoms with E-state index >= 15 is 0 Å². The molecule has 0 aliphatic rings. The van der Waals surface area contributed by atoms with Gasteiger partial charge in [0, 0.05) is 53.0 Å². The van der Waals surface area contributed by atoms with Crippen molar-refractivity contribution >= 4 is 35.2 Å². The molecule has 0 aliphatic carbocycles. The number of halogens is 3. The molecule has 5 rings (SSSR count). The highest BCUT2D eigenvalue weighted by Crippen LogP contribution is 2.33. The summed E-state index contributed by atoms with van der Waals surface area (Å²) in [5.74, 6) is -3.10. The zero-order chi connectivity index (χ0) is 35.0. The molecular weight excluding hydrogens is 635 g/mol. The van der Waals surface area contributed by atoms with Gasteiger partial charge in [0.1, 0.15) is 0 Å². The smallest absolute Gasteiger partial charge is 0.416 e. The third-order valence-electron chi connectivity index (χ3n) is 6.52. The summed E-state index contributed by atoms with van der Waals surface area (Å²) in [5, 5.41) is 29.9. The highest BCUT2D eigenvalue weighted by atomic mass is 19.4. The third-order valence-corrected chi connectivity index (χ3v) is 6.52. The molecule has 248 valence electrons. The van der Waals surface area contributed by atoms with Crippen LogP contribution in [-0.4, -0.2) is 63.8 Å². The number of rotatable bonds is 9. The maximum atomic E-state index is 13.6. The van der Waals surface area contributed by atoms with E-state index in [-0.39, 0.29) is 16.9 Å². The Morgan fingerprint density at radius 2 is 1.75 bits per heavy atom. The highest BCUT2D eigenvalue weighted by Gasteiger charge is 2.31. The fraction of sp³-hybridized carbons (Fsp3) is 0.156. The number of aliphatic hydroxyl groups is 1. The van der Waals surface area contributed by atoms with Gasteiger partial charge in [0.2, 0.25) is 5.95 Å². The molecule has 0 bridgehead atoms. The van der Waals surface area contributed by atoms with Gasteiger partial charge < -0.3 is 30.5 Å². The molecule has 5 aromatic rings. The van der Waals surface area contributed by atoms with Crippen LogP contribution in [0.25, 0.3) is 16.9 Å². The molecule has 0 saturated heterocycles. The van der Waals surface area contributed by atoms with Crippen molar-refractivity contribution in [3.63, 3.8) is 0 Å². The number of carbonyl (C=O) groups excluding carboxylic acids is 1. The summed E-state index contributed by atoms with van der Waals surface area (Å²) in [7, 11) is 0. The molecule has 0 radical (unpaired) electrons. The van der Waals surface area contributed by atoms with Crippen LogP contribution in [-0.2, 0) is 15.8 Å². The molecular formula is C32H28F3N7O6. The van der Waals surface area contributed by atoms with Gasteiger partial charge in [-0.05, 0) is 67.9 Å². The first-order chi connectivity index (χ1) is 22.7. The minimum absolute atomic E-state index is 0.00114. The number of aliphatic carboxylic acids is 2.